The first kappa shape index (κ1) is 19.5. The molecule has 1 aromatic heterocycles. The molecule has 0 aliphatic carbocycles. The average molecular weight is 411 g/mol. The Labute approximate surface area is 182 Å². The molecule has 5 heteroatoms. The standard InChI is InChI=1S/C26H26N4O/c31-26(21-14-16-30(17-15-21)18-19-6-2-1-3-7-19)27-22-12-10-20(11-13-22)25-28-23-8-4-5-9-24(23)29-25/h1-13,21H,14-18H2,(H,27,31)(H,28,29). The molecule has 1 saturated heterocycles. The van der Waals surface area contributed by atoms with Gasteiger partial charge >= 0.3 is 0 Å². The highest BCUT2D eigenvalue weighted by Crippen LogP contribution is 2.24. The molecule has 2 heterocycles. The molecule has 2 N–H and O–H groups in total. The molecule has 156 valence electrons. The molecule has 0 bridgehead atoms. The summed E-state index contributed by atoms with van der Waals surface area (Å²) in [5.41, 5.74) is 5.14. The van der Waals surface area contributed by atoms with Crippen LogP contribution in [0.3, 0.4) is 0 Å². The zero-order chi connectivity index (χ0) is 21.0. The zero-order valence-electron chi connectivity index (χ0n) is 17.4. The summed E-state index contributed by atoms with van der Waals surface area (Å²) in [7, 11) is 0. The fraction of sp³-hybridized carbons (Fsp3) is 0.231. The van der Waals surface area contributed by atoms with Crippen molar-refractivity contribution in [1.29, 1.82) is 0 Å². The fourth-order valence-corrected chi connectivity index (χ4v) is 4.24. The van der Waals surface area contributed by atoms with Crippen LogP contribution < -0.4 is 5.32 Å². The van der Waals surface area contributed by atoms with Crippen LogP contribution in [0.4, 0.5) is 5.69 Å². The normalized spacial score (nSPS) is 15.2. The van der Waals surface area contributed by atoms with Crippen molar-refractivity contribution >= 4 is 22.6 Å². The molecular weight excluding hydrogens is 384 g/mol. The van der Waals surface area contributed by atoms with Crippen molar-refractivity contribution < 1.29 is 4.79 Å². The third-order valence-electron chi connectivity index (χ3n) is 6.02. The summed E-state index contributed by atoms with van der Waals surface area (Å²) in [5.74, 6) is 1.03. The Hall–Kier alpha value is -3.44. The second kappa shape index (κ2) is 8.74. The first-order valence-electron chi connectivity index (χ1n) is 10.9. The monoisotopic (exact) mass is 410 g/mol. The molecule has 0 unspecified atom stereocenters. The zero-order valence-corrected chi connectivity index (χ0v) is 17.4. The number of likely N-dealkylation sites (tertiary alicyclic amines) is 1. The van der Waals surface area contributed by atoms with E-state index in [1.807, 2.05) is 54.6 Å². The molecule has 0 radical (unpaired) electrons. The number of nitrogens with zero attached hydrogens (tertiary/aromatic N) is 2. The lowest BCUT2D eigenvalue weighted by Gasteiger charge is -2.31. The summed E-state index contributed by atoms with van der Waals surface area (Å²) in [6.45, 7) is 2.87. The number of H-pyrrole nitrogens is 1. The third kappa shape index (κ3) is 4.52. The molecule has 5 nitrogen and oxygen atoms in total. The van der Waals surface area contributed by atoms with Gasteiger partial charge in [0.1, 0.15) is 5.82 Å². The summed E-state index contributed by atoms with van der Waals surface area (Å²) in [6.07, 6.45) is 1.80. The minimum Gasteiger partial charge on any atom is -0.338 e. The predicted molar refractivity (Wildman–Crippen MR) is 125 cm³/mol. The highest BCUT2D eigenvalue weighted by Gasteiger charge is 2.25. The maximum atomic E-state index is 12.8. The van der Waals surface area contributed by atoms with Crippen molar-refractivity contribution in [3.8, 4) is 11.4 Å². The second-order valence-electron chi connectivity index (χ2n) is 8.21. The average Bonchev–Trinajstić information content (AvgIpc) is 3.25. The van der Waals surface area contributed by atoms with Gasteiger partial charge in [-0.1, -0.05) is 42.5 Å². The van der Waals surface area contributed by atoms with E-state index in [0.29, 0.717) is 0 Å². The molecular formula is C26H26N4O. The fourth-order valence-electron chi connectivity index (χ4n) is 4.24. The number of amides is 1. The number of hydrogen-bond donors (Lipinski definition) is 2. The van der Waals surface area contributed by atoms with Gasteiger partial charge in [0.15, 0.2) is 0 Å². The lowest BCUT2D eigenvalue weighted by molar-refractivity contribution is -0.121. The third-order valence-corrected chi connectivity index (χ3v) is 6.02. The molecule has 0 saturated carbocycles. The first-order chi connectivity index (χ1) is 15.2. The van der Waals surface area contributed by atoms with Gasteiger partial charge in [0, 0.05) is 23.7 Å². The van der Waals surface area contributed by atoms with Gasteiger partial charge < -0.3 is 10.3 Å². The van der Waals surface area contributed by atoms with Crippen molar-refractivity contribution in [2.24, 2.45) is 5.92 Å². The number of aromatic nitrogens is 2. The number of rotatable bonds is 5. The quantitative estimate of drug-likeness (QED) is 0.482. The van der Waals surface area contributed by atoms with Crippen molar-refractivity contribution in [2.75, 3.05) is 18.4 Å². The summed E-state index contributed by atoms with van der Waals surface area (Å²) < 4.78 is 0. The molecule has 0 atom stereocenters. The van der Waals surface area contributed by atoms with Gasteiger partial charge in [0.25, 0.3) is 0 Å². The molecule has 1 fully saturated rings. The Bertz CT molecular complexity index is 1130. The van der Waals surface area contributed by atoms with E-state index < -0.39 is 0 Å². The number of imidazole rings is 1. The van der Waals surface area contributed by atoms with Crippen LogP contribution in [0.2, 0.25) is 0 Å². The van der Waals surface area contributed by atoms with Gasteiger partial charge in [0.05, 0.1) is 11.0 Å². The van der Waals surface area contributed by atoms with Gasteiger partial charge in [-0.3, -0.25) is 9.69 Å². The second-order valence-corrected chi connectivity index (χ2v) is 8.21. The number of fused-ring (bicyclic) bond motifs is 1. The Morgan fingerprint density at radius 1 is 0.935 bits per heavy atom. The summed E-state index contributed by atoms with van der Waals surface area (Å²) in [4.78, 5) is 23.2. The Morgan fingerprint density at radius 3 is 2.39 bits per heavy atom. The maximum Gasteiger partial charge on any atom is 0.227 e. The van der Waals surface area contributed by atoms with E-state index in [2.05, 4.69) is 44.5 Å². The number of carbonyl (C=O) groups is 1. The Balaban J connectivity index is 1.16. The van der Waals surface area contributed by atoms with Crippen LogP contribution in [0, 0.1) is 5.92 Å². The van der Waals surface area contributed by atoms with E-state index in [1.54, 1.807) is 0 Å². The van der Waals surface area contributed by atoms with E-state index in [9.17, 15) is 4.79 Å². The summed E-state index contributed by atoms with van der Waals surface area (Å²) in [6, 6.07) is 26.4. The van der Waals surface area contributed by atoms with E-state index in [4.69, 9.17) is 0 Å². The molecule has 0 spiro atoms. The molecule has 1 aliphatic heterocycles. The SMILES string of the molecule is O=C(Nc1ccc(-c2nc3ccccc3[nH]2)cc1)C1CCN(Cc2ccccc2)CC1. The van der Waals surface area contributed by atoms with Crippen molar-refractivity contribution in [3.63, 3.8) is 0 Å². The van der Waals surface area contributed by atoms with Gasteiger partial charge in [-0.05, 0) is 67.9 Å². The molecule has 4 aromatic rings. The summed E-state index contributed by atoms with van der Waals surface area (Å²) >= 11 is 0. The molecule has 1 aliphatic rings. The van der Waals surface area contributed by atoms with E-state index in [-0.39, 0.29) is 11.8 Å². The molecule has 5 rings (SSSR count). The van der Waals surface area contributed by atoms with Gasteiger partial charge in [-0.2, -0.15) is 0 Å². The minimum atomic E-state index is 0.0714. The Morgan fingerprint density at radius 2 is 1.65 bits per heavy atom. The van der Waals surface area contributed by atoms with Crippen molar-refractivity contribution in [2.45, 2.75) is 19.4 Å². The van der Waals surface area contributed by atoms with Crippen molar-refractivity contribution in [3.05, 3.63) is 84.4 Å². The van der Waals surface area contributed by atoms with Gasteiger partial charge in [-0.15, -0.1) is 0 Å². The molecule has 1 amide bonds. The molecule has 31 heavy (non-hydrogen) atoms. The number of para-hydroxylation sites is 2. The molecule has 3 aromatic carbocycles. The summed E-state index contributed by atoms with van der Waals surface area (Å²) in [5, 5.41) is 3.09. The van der Waals surface area contributed by atoms with Crippen LogP contribution >= 0.6 is 0 Å². The number of piperidine rings is 1. The Kier molecular flexibility index (Phi) is 5.50. The van der Waals surface area contributed by atoms with E-state index in [0.717, 1.165) is 60.6 Å². The lowest BCUT2D eigenvalue weighted by atomic mass is 9.95. The number of hydrogen-bond acceptors (Lipinski definition) is 3. The number of anilines is 1. The largest absolute Gasteiger partial charge is 0.338 e. The van der Waals surface area contributed by atoms with Crippen LogP contribution in [0.15, 0.2) is 78.9 Å². The number of nitrogens with one attached hydrogen (secondary N) is 2. The minimum absolute atomic E-state index is 0.0714. The first-order valence-corrected chi connectivity index (χ1v) is 10.9. The van der Waals surface area contributed by atoms with Crippen LogP contribution in [-0.2, 0) is 11.3 Å². The van der Waals surface area contributed by atoms with Crippen LogP contribution in [-0.4, -0.2) is 33.9 Å². The van der Waals surface area contributed by atoms with Gasteiger partial charge in [0.2, 0.25) is 5.91 Å². The number of carbonyl (C=O) groups excluding carboxylic acids is 1. The van der Waals surface area contributed by atoms with Crippen LogP contribution in [0.1, 0.15) is 18.4 Å². The topological polar surface area (TPSA) is 61.0 Å². The smallest absolute Gasteiger partial charge is 0.227 e. The van der Waals surface area contributed by atoms with E-state index in [1.165, 1.54) is 5.56 Å². The highest BCUT2D eigenvalue weighted by molar-refractivity contribution is 5.93. The van der Waals surface area contributed by atoms with Crippen LogP contribution in [0.25, 0.3) is 22.4 Å². The maximum absolute atomic E-state index is 12.8. The number of aromatic amines is 1. The van der Waals surface area contributed by atoms with Crippen molar-refractivity contribution in [1.82, 2.24) is 14.9 Å². The predicted octanol–water partition coefficient (Wildman–Crippen LogP) is 5.08. The van der Waals surface area contributed by atoms with E-state index >= 15 is 0 Å². The number of benzene rings is 3. The van der Waals surface area contributed by atoms with Crippen LogP contribution in [0.5, 0.6) is 0 Å². The van der Waals surface area contributed by atoms with Gasteiger partial charge in [-0.25, -0.2) is 4.98 Å². The lowest BCUT2D eigenvalue weighted by Crippen LogP contribution is -2.37. The highest BCUT2D eigenvalue weighted by atomic mass is 16.1.